The summed E-state index contributed by atoms with van der Waals surface area (Å²) in [6.07, 6.45) is 8.78. The van der Waals surface area contributed by atoms with Crippen LogP contribution in [0.15, 0.2) is 48.3 Å². The second-order valence-corrected chi connectivity index (χ2v) is 6.30. The van der Waals surface area contributed by atoms with E-state index in [0.29, 0.717) is 12.0 Å². The van der Waals surface area contributed by atoms with Gasteiger partial charge in [0.25, 0.3) is 0 Å². The average Bonchev–Trinajstić information content (AvgIpc) is 2.69. The lowest BCUT2D eigenvalue weighted by Crippen LogP contribution is -2.09. The van der Waals surface area contributed by atoms with Gasteiger partial charge in [0, 0.05) is 31.1 Å². The number of pyridine rings is 1. The lowest BCUT2D eigenvalue weighted by Gasteiger charge is -2.18. The molecule has 0 fully saturated rings. The molecule has 1 aromatic carbocycles. The van der Waals surface area contributed by atoms with Crippen LogP contribution in [-0.4, -0.2) is 36.9 Å². The standard InChI is InChI=1S/C22H25NO5/c1-15(2)5-7-17-19(25)13-20(27-4)21(22(17)28-14-26-3)18(24)8-6-16-9-11-23-12-10-16/h5-6,8-13,25H,7,14H2,1-4H3. The van der Waals surface area contributed by atoms with Crippen LogP contribution in [0.4, 0.5) is 0 Å². The highest BCUT2D eigenvalue weighted by Crippen LogP contribution is 2.40. The molecule has 0 saturated carbocycles. The van der Waals surface area contributed by atoms with E-state index in [-0.39, 0.29) is 35.4 Å². The quantitative estimate of drug-likeness (QED) is 0.303. The third kappa shape index (κ3) is 5.44. The molecule has 1 heterocycles. The number of methoxy groups -OCH3 is 2. The minimum Gasteiger partial charge on any atom is -0.507 e. The zero-order chi connectivity index (χ0) is 20.5. The van der Waals surface area contributed by atoms with Crippen LogP contribution in [-0.2, 0) is 11.2 Å². The van der Waals surface area contributed by atoms with Crippen LogP contribution >= 0.6 is 0 Å². The third-order valence-electron chi connectivity index (χ3n) is 3.96. The molecule has 0 radical (unpaired) electrons. The summed E-state index contributed by atoms with van der Waals surface area (Å²) in [4.78, 5) is 16.9. The van der Waals surface area contributed by atoms with E-state index in [9.17, 15) is 9.90 Å². The summed E-state index contributed by atoms with van der Waals surface area (Å²) in [6.45, 7) is 3.85. The first-order valence-electron chi connectivity index (χ1n) is 8.78. The Morgan fingerprint density at radius 1 is 1.21 bits per heavy atom. The first-order valence-corrected chi connectivity index (χ1v) is 8.78. The number of allylic oxidation sites excluding steroid dienone is 3. The van der Waals surface area contributed by atoms with E-state index in [2.05, 4.69) is 4.98 Å². The Hall–Kier alpha value is -3.12. The SMILES string of the molecule is COCOc1c(CC=C(C)C)c(O)cc(OC)c1C(=O)C=Cc1ccncc1. The molecule has 6 nitrogen and oxygen atoms in total. The highest BCUT2D eigenvalue weighted by Gasteiger charge is 2.23. The summed E-state index contributed by atoms with van der Waals surface area (Å²) in [7, 11) is 2.93. The maximum absolute atomic E-state index is 13.0. The zero-order valence-electron chi connectivity index (χ0n) is 16.6. The molecule has 0 bridgehead atoms. The van der Waals surface area contributed by atoms with Gasteiger partial charge < -0.3 is 19.3 Å². The molecular formula is C22H25NO5. The summed E-state index contributed by atoms with van der Waals surface area (Å²) in [5.74, 6) is 0.169. The number of benzene rings is 1. The molecule has 0 aliphatic carbocycles. The molecule has 28 heavy (non-hydrogen) atoms. The van der Waals surface area contributed by atoms with Crippen molar-refractivity contribution >= 4 is 11.9 Å². The minimum atomic E-state index is -0.307. The highest BCUT2D eigenvalue weighted by molar-refractivity contribution is 6.11. The van der Waals surface area contributed by atoms with Crippen molar-refractivity contribution < 1.29 is 24.1 Å². The Kier molecular flexibility index (Phi) is 7.77. The van der Waals surface area contributed by atoms with Crippen molar-refractivity contribution in [2.24, 2.45) is 0 Å². The summed E-state index contributed by atoms with van der Waals surface area (Å²) in [5, 5.41) is 10.5. The number of aromatic hydroxyl groups is 1. The van der Waals surface area contributed by atoms with Crippen LogP contribution in [0.2, 0.25) is 0 Å². The number of carbonyl (C=O) groups is 1. The molecule has 0 atom stereocenters. The second kappa shape index (κ2) is 10.3. The normalized spacial score (nSPS) is 10.7. The molecule has 148 valence electrons. The molecule has 0 saturated heterocycles. The van der Waals surface area contributed by atoms with E-state index in [1.165, 1.54) is 26.4 Å². The van der Waals surface area contributed by atoms with Crippen molar-refractivity contribution in [3.8, 4) is 17.2 Å². The van der Waals surface area contributed by atoms with E-state index in [4.69, 9.17) is 14.2 Å². The van der Waals surface area contributed by atoms with Gasteiger partial charge in [-0.15, -0.1) is 0 Å². The van der Waals surface area contributed by atoms with Crippen molar-refractivity contribution in [3.63, 3.8) is 0 Å². The van der Waals surface area contributed by atoms with Gasteiger partial charge in [-0.05, 0) is 44.0 Å². The van der Waals surface area contributed by atoms with Crippen molar-refractivity contribution in [2.45, 2.75) is 20.3 Å². The summed E-state index contributed by atoms with van der Waals surface area (Å²) in [6, 6.07) is 5.02. The Bertz CT molecular complexity index is 868. The predicted octanol–water partition coefficient (Wildman–Crippen LogP) is 4.18. The molecule has 6 heteroatoms. The molecule has 0 aliphatic heterocycles. The number of ketones is 1. The molecule has 0 unspecified atom stereocenters. The number of phenolic OH excluding ortho intramolecular Hbond substituents is 1. The monoisotopic (exact) mass is 383 g/mol. The number of nitrogens with zero attached hydrogens (tertiary/aromatic N) is 1. The average molecular weight is 383 g/mol. The van der Waals surface area contributed by atoms with Crippen LogP contribution in [0.1, 0.15) is 35.3 Å². The van der Waals surface area contributed by atoms with Gasteiger partial charge in [-0.3, -0.25) is 9.78 Å². The van der Waals surface area contributed by atoms with Crippen molar-refractivity contribution in [2.75, 3.05) is 21.0 Å². The first kappa shape index (κ1) is 21.2. The molecule has 0 aliphatic rings. The first-order chi connectivity index (χ1) is 13.5. The van der Waals surface area contributed by atoms with Gasteiger partial charge in [-0.25, -0.2) is 0 Å². The largest absolute Gasteiger partial charge is 0.507 e. The molecular weight excluding hydrogens is 358 g/mol. The van der Waals surface area contributed by atoms with Crippen molar-refractivity contribution in [1.29, 1.82) is 0 Å². The van der Waals surface area contributed by atoms with Gasteiger partial charge in [0.05, 0.1) is 7.11 Å². The maximum Gasteiger partial charge on any atom is 0.193 e. The molecule has 0 spiro atoms. The van der Waals surface area contributed by atoms with Crippen LogP contribution in [0, 0.1) is 0 Å². The summed E-state index contributed by atoms with van der Waals surface area (Å²) < 4.78 is 16.0. The van der Waals surface area contributed by atoms with Gasteiger partial charge in [0.1, 0.15) is 22.8 Å². The van der Waals surface area contributed by atoms with Gasteiger partial charge in [-0.2, -0.15) is 0 Å². The van der Waals surface area contributed by atoms with E-state index in [1.807, 2.05) is 19.9 Å². The Balaban J connectivity index is 2.54. The lowest BCUT2D eigenvalue weighted by molar-refractivity contribution is 0.0494. The topological polar surface area (TPSA) is 77.9 Å². The fraction of sp³-hybridized carbons (Fsp3) is 0.273. The van der Waals surface area contributed by atoms with Crippen LogP contribution < -0.4 is 9.47 Å². The summed E-state index contributed by atoms with van der Waals surface area (Å²) in [5.41, 5.74) is 2.66. The van der Waals surface area contributed by atoms with Crippen molar-refractivity contribution in [1.82, 2.24) is 4.98 Å². The number of phenols is 1. The predicted molar refractivity (Wildman–Crippen MR) is 108 cm³/mol. The maximum atomic E-state index is 13.0. The Labute approximate surface area is 165 Å². The van der Waals surface area contributed by atoms with E-state index >= 15 is 0 Å². The fourth-order valence-electron chi connectivity index (χ4n) is 2.57. The number of ether oxygens (including phenoxy) is 3. The smallest absolute Gasteiger partial charge is 0.193 e. The Morgan fingerprint density at radius 2 is 1.93 bits per heavy atom. The Morgan fingerprint density at radius 3 is 2.54 bits per heavy atom. The molecule has 1 N–H and O–H groups in total. The van der Waals surface area contributed by atoms with Gasteiger partial charge in [0.15, 0.2) is 12.6 Å². The fourth-order valence-corrected chi connectivity index (χ4v) is 2.57. The second-order valence-electron chi connectivity index (χ2n) is 6.30. The van der Waals surface area contributed by atoms with Crippen LogP contribution in [0.5, 0.6) is 17.2 Å². The molecule has 2 aromatic rings. The summed E-state index contributed by atoms with van der Waals surface area (Å²) >= 11 is 0. The number of hydrogen-bond donors (Lipinski definition) is 1. The third-order valence-corrected chi connectivity index (χ3v) is 3.96. The number of rotatable bonds is 9. The molecule has 0 amide bonds. The minimum absolute atomic E-state index is 0.00452. The van der Waals surface area contributed by atoms with Crippen molar-refractivity contribution in [3.05, 3.63) is 65.0 Å². The van der Waals surface area contributed by atoms with E-state index in [1.54, 1.807) is 30.6 Å². The highest BCUT2D eigenvalue weighted by atomic mass is 16.7. The van der Waals surface area contributed by atoms with Crippen LogP contribution in [0.3, 0.4) is 0 Å². The number of aromatic nitrogens is 1. The van der Waals surface area contributed by atoms with E-state index < -0.39 is 0 Å². The van der Waals surface area contributed by atoms with Crippen LogP contribution in [0.25, 0.3) is 6.08 Å². The number of carbonyl (C=O) groups excluding carboxylic acids is 1. The van der Waals surface area contributed by atoms with Gasteiger partial charge in [-0.1, -0.05) is 17.7 Å². The zero-order valence-corrected chi connectivity index (χ0v) is 16.6. The lowest BCUT2D eigenvalue weighted by atomic mass is 9.99. The molecule has 2 rings (SSSR count). The number of hydrogen-bond acceptors (Lipinski definition) is 6. The van der Waals surface area contributed by atoms with Gasteiger partial charge >= 0.3 is 0 Å². The van der Waals surface area contributed by atoms with Gasteiger partial charge in [0.2, 0.25) is 0 Å². The molecule has 1 aromatic heterocycles. The van der Waals surface area contributed by atoms with E-state index in [0.717, 1.165) is 11.1 Å².